The van der Waals surface area contributed by atoms with Crippen molar-refractivity contribution in [3.63, 3.8) is 0 Å². The van der Waals surface area contributed by atoms with Crippen LogP contribution in [0.5, 0.6) is 0 Å². The molecule has 0 atom stereocenters. The molecule has 1 aromatic carbocycles. The van der Waals surface area contributed by atoms with Crippen LogP contribution in [0.15, 0.2) is 24.3 Å². The lowest BCUT2D eigenvalue weighted by atomic mass is 10.1. The number of carbonyl (C=O) groups excluding carboxylic acids is 1. The minimum absolute atomic E-state index is 0.289. The van der Waals surface area contributed by atoms with Gasteiger partial charge >= 0.3 is 5.97 Å². The second-order valence-corrected chi connectivity index (χ2v) is 3.37. The molecule has 1 N–H and O–H groups in total. The molecule has 0 fully saturated rings. The first-order chi connectivity index (χ1) is 7.27. The first-order valence-corrected chi connectivity index (χ1v) is 5.16. The number of benzene rings is 1. The van der Waals surface area contributed by atoms with Crippen LogP contribution in [0.3, 0.4) is 0 Å². The third kappa shape index (κ3) is 3.72. The van der Waals surface area contributed by atoms with E-state index in [-0.39, 0.29) is 5.97 Å². The molecule has 1 aromatic rings. The summed E-state index contributed by atoms with van der Waals surface area (Å²) in [5.41, 5.74) is 1.77. The second kappa shape index (κ2) is 6.19. The molecule has 82 valence electrons. The molecular formula is C12H17NO2. The van der Waals surface area contributed by atoms with Crippen molar-refractivity contribution in [3.05, 3.63) is 35.4 Å². The molecule has 0 aromatic heterocycles. The van der Waals surface area contributed by atoms with Crippen molar-refractivity contribution < 1.29 is 9.53 Å². The fourth-order valence-corrected chi connectivity index (χ4v) is 1.29. The second-order valence-electron chi connectivity index (χ2n) is 3.37. The largest absolute Gasteiger partial charge is 0.465 e. The van der Waals surface area contributed by atoms with E-state index >= 15 is 0 Å². The van der Waals surface area contributed by atoms with E-state index in [0.29, 0.717) is 5.56 Å². The molecule has 0 heterocycles. The highest BCUT2D eigenvalue weighted by Crippen LogP contribution is 2.05. The van der Waals surface area contributed by atoms with E-state index in [2.05, 4.69) is 17.0 Å². The summed E-state index contributed by atoms with van der Waals surface area (Å²) in [7, 11) is 1.39. The molecule has 0 spiro atoms. The van der Waals surface area contributed by atoms with Gasteiger partial charge in [0.05, 0.1) is 12.7 Å². The minimum Gasteiger partial charge on any atom is -0.465 e. The Balaban J connectivity index is 2.52. The third-order valence-corrected chi connectivity index (χ3v) is 2.13. The van der Waals surface area contributed by atoms with Gasteiger partial charge in [-0.05, 0) is 30.7 Å². The number of hydrogen-bond donors (Lipinski definition) is 1. The standard InChI is InChI=1S/C12H17NO2/c1-3-8-13-9-10-4-6-11(7-5-10)12(14)15-2/h4-7,13H,3,8-9H2,1-2H3. The van der Waals surface area contributed by atoms with Crippen molar-refractivity contribution >= 4 is 5.97 Å². The molecule has 3 heteroatoms. The van der Waals surface area contributed by atoms with Gasteiger partial charge in [0.1, 0.15) is 0 Å². The molecule has 15 heavy (non-hydrogen) atoms. The molecular weight excluding hydrogens is 190 g/mol. The van der Waals surface area contributed by atoms with Gasteiger partial charge in [0.25, 0.3) is 0 Å². The molecule has 0 aliphatic rings. The van der Waals surface area contributed by atoms with E-state index in [9.17, 15) is 4.79 Å². The lowest BCUT2D eigenvalue weighted by molar-refractivity contribution is 0.0600. The van der Waals surface area contributed by atoms with Crippen LogP contribution in [-0.4, -0.2) is 19.6 Å². The van der Waals surface area contributed by atoms with E-state index in [1.807, 2.05) is 12.1 Å². The summed E-state index contributed by atoms with van der Waals surface area (Å²) in [5.74, 6) is -0.289. The highest BCUT2D eigenvalue weighted by atomic mass is 16.5. The maximum Gasteiger partial charge on any atom is 0.337 e. The van der Waals surface area contributed by atoms with Crippen LogP contribution < -0.4 is 5.32 Å². The summed E-state index contributed by atoms with van der Waals surface area (Å²) < 4.78 is 4.62. The smallest absolute Gasteiger partial charge is 0.337 e. The number of esters is 1. The van der Waals surface area contributed by atoms with Crippen molar-refractivity contribution in [2.75, 3.05) is 13.7 Å². The van der Waals surface area contributed by atoms with Gasteiger partial charge in [0, 0.05) is 6.54 Å². The van der Waals surface area contributed by atoms with Crippen LogP contribution in [0.25, 0.3) is 0 Å². The van der Waals surface area contributed by atoms with Gasteiger partial charge in [-0.15, -0.1) is 0 Å². The molecule has 0 bridgehead atoms. The Hall–Kier alpha value is -1.35. The molecule has 0 radical (unpaired) electrons. The zero-order chi connectivity index (χ0) is 11.1. The Morgan fingerprint density at radius 2 is 2.00 bits per heavy atom. The maximum absolute atomic E-state index is 11.1. The topological polar surface area (TPSA) is 38.3 Å². The van der Waals surface area contributed by atoms with E-state index in [1.165, 1.54) is 12.7 Å². The van der Waals surface area contributed by atoms with Gasteiger partial charge in [-0.1, -0.05) is 19.1 Å². The van der Waals surface area contributed by atoms with Crippen molar-refractivity contribution in [3.8, 4) is 0 Å². The van der Waals surface area contributed by atoms with E-state index in [1.54, 1.807) is 12.1 Å². The average Bonchev–Trinajstić information content (AvgIpc) is 2.29. The Labute approximate surface area is 90.4 Å². The van der Waals surface area contributed by atoms with Gasteiger partial charge < -0.3 is 10.1 Å². The summed E-state index contributed by atoms with van der Waals surface area (Å²) in [6, 6.07) is 7.45. The molecule has 0 amide bonds. The molecule has 3 nitrogen and oxygen atoms in total. The Morgan fingerprint density at radius 1 is 1.33 bits per heavy atom. The molecule has 0 saturated heterocycles. The maximum atomic E-state index is 11.1. The first kappa shape index (κ1) is 11.7. The Kier molecular flexibility index (Phi) is 4.84. The van der Waals surface area contributed by atoms with Crippen molar-refractivity contribution in [2.45, 2.75) is 19.9 Å². The number of ether oxygens (including phenoxy) is 1. The van der Waals surface area contributed by atoms with Gasteiger partial charge in [-0.25, -0.2) is 4.79 Å². The van der Waals surface area contributed by atoms with Crippen LogP contribution in [0.4, 0.5) is 0 Å². The molecule has 1 rings (SSSR count). The predicted octanol–water partition coefficient (Wildman–Crippen LogP) is 1.97. The van der Waals surface area contributed by atoms with Crippen LogP contribution in [-0.2, 0) is 11.3 Å². The van der Waals surface area contributed by atoms with Crippen molar-refractivity contribution in [1.82, 2.24) is 5.32 Å². The zero-order valence-electron chi connectivity index (χ0n) is 9.25. The number of hydrogen-bond acceptors (Lipinski definition) is 3. The third-order valence-electron chi connectivity index (χ3n) is 2.13. The van der Waals surface area contributed by atoms with Crippen LogP contribution in [0.2, 0.25) is 0 Å². The van der Waals surface area contributed by atoms with Crippen LogP contribution >= 0.6 is 0 Å². The zero-order valence-corrected chi connectivity index (χ0v) is 9.25. The number of methoxy groups -OCH3 is 1. The van der Waals surface area contributed by atoms with Gasteiger partial charge in [-0.3, -0.25) is 0 Å². The van der Waals surface area contributed by atoms with E-state index < -0.39 is 0 Å². The monoisotopic (exact) mass is 207 g/mol. The summed E-state index contributed by atoms with van der Waals surface area (Å²) in [5, 5.41) is 3.30. The van der Waals surface area contributed by atoms with Gasteiger partial charge in [0.15, 0.2) is 0 Å². The summed E-state index contributed by atoms with van der Waals surface area (Å²) in [6.07, 6.45) is 1.13. The fourth-order valence-electron chi connectivity index (χ4n) is 1.29. The highest BCUT2D eigenvalue weighted by Gasteiger charge is 2.03. The molecule has 0 aliphatic carbocycles. The van der Waals surface area contributed by atoms with Crippen LogP contribution in [0.1, 0.15) is 29.3 Å². The summed E-state index contributed by atoms with van der Waals surface area (Å²) in [4.78, 5) is 11.1. The first-order valence-electron chi connectivity index (χ1n) is 5.16. The number of carbonyl (C=O) groups is 1. The molecule has 0 saturated carbocycles. The number of nitrogens with one attached hydrogen (secondary N) is 1. The minimum atomic E-state index is -0.289. The number of rotatable bonds is 5. The Morgan fingerprint density at radius 3 is 2.53 bits per heavy atom. The fraction of sp³-hybridized carbons (Fsp3) is 0.417. The summed E-state index contributed by atoms with van der Waals surface area (Å²) in [6.45, 7) is 3.99. The van der Waals surface area contributed by atoms with Crippen molar-refractivity contribution in [1.29, 1.82) is 0 Å². The molecule has 0 unspecified atom stereocenters. The lowest BCUT2D eigenvalue weighted by Gasteiger charge is -2.04. The van der Waals surface area contributed by atoms with Gasteiger partial charge in [0.2, 0.25) is 0 Å². The highest BCUT2D eigenvalue weighted by molar-refractivity contribution is 5.89. The molecule has 0 aliphatic heterocycles. The van der Waals surface area contributed by atoms with Crippen molar-refractivity contribution in [2.24, 2.45) is 0 Å². The van der Waals surface area contributed by atoms with E-state index in [4.69, 9.17) is 0 Å². The van der Waals surface area contributed by atoms with Gasteiger partial charge in [-0.2, -0.15) is 0 Å². The summed E-state index contributed by atoms with van der Waals surface area (Å²) >= 11 is 0. The van der Waals surface area contributed by atoms with E-state index in [0.717, 1.165) is 19.5 Å². The average molecular weight is 207 g/mol. The van der Waals surface area contributed by atoms with Crippen LogP contribution in [0, 0.1) is 0 Å². The Bertz CT molecular complexity index is 306. The predicted molar refractivity (Wildman–Crippen MR) is 59.8 cm³/mol. The quantitative estimate of drug-likeness (QED) is 0.592. The lowest BCUT2D eigenvalue weighted by Crippen LogP contribution is -2.13. The normalized spacial score (nSPS) is 10.0. The SMILES string of the molecule is CCCNCc1ccc(C(=O)OC)cc1.